The minimum absolute atomic E-state index is 0.249. The molecule has 0 aliphatic carbocycles. The lowest BCUT2D eigenvalue weighted by molar-refractivity contribution is -0.0591. The van der Waals surface area contributed by atoms with Gasteiger partial charge in [0.25, 0.3) is 0 Å². The Morgan fingerprint density at radius 1 is 0.968 bits per heavy atom. The van der Waals surface area contributed by atoms with Gasteiger partial charge in [-0.05, 0) is 56.0 Å². The maximum absolute atomic E-state index is 12.9. The summed E-state index contributed by atoms with van der Waals surface area (Å²) in [5.74, 6) is 0. The number of anilines is 1. The Morgan fingerprint density at radius 3 is 2.32 bits per heavy atom. The van der Waals surface area contributed by atoms with Crippen molar-refractivity contribution in [3.63, 3.8) is 0 Å². The highest BCUT2D eigenvalue weighted by molar-refractivity contribution is 7.89. The van der Waals surface area contributed by atoms with Crippen LogP contribution in [-0.4, -0.2) is 44.3 Å². The van der Waals surface area contributed by atoms with Gasteiger partial charge in [-0.25, -0.2) is 8.42 Å². The summed E-state index contributed by atoms with van der Waals surface area (Å²) in [6, 6.07) is 15.5. The van der Waals surface area contributed by atoms with Crippen molar-refractivity contribution in [2.45, 2.75) is 55.6 Å². The summed E-state index contributed by atoms with van der Waals surface area (Å²) < 4.78 is 27.5. The monoisotopic (exact) mass is 439 g/mol. The Kier molecular flexibility index (Phi) is 4.68. The number of sulfonamides is 1. The molecule has 1 spiro atoms. The summed E-state index contributed by atoms with van der Waals surface area (Å²) >= 11 is 0. The molecule has 0 bridgehead atoms. The van der Waals surface area contributed by atoms with Crippen LogP contribution in [-0.2, 0) is 20.3 Å². The number of benzene rings is 2. The van der Waals surface area contributed by atoms with Gasteiger partial charge >= 0.3 is 0 Å². The number of hydrogen-bond donors (Lipinski definition) is 0. The topological polar surface area (TPSA) is 62.2 Å². The van der Waals surface area contributed by atoms with Crippen LogP contribution in [0.1, 0.15) is 50.7 Å². The van der Waals surface area contributed by atoms with Crippen molar-refractivity contribution in [2.24, 2.45) is 5.16 Å². The summed E-state index contributed by atoms with van der Waals surface area (Å²) in [6.45, 7) is 5.61. The smallest absolute Gasteiger partial charge is 0.243 e. The zero-order chi connectivity index (χ0) is 21.9. The molecule has 6 nitrogen and oxygen atoms in total. The van der Waals surface area contributed by atoms with Crippen molar-refractivity contribution in [3.05, 3.63) is 59.7 Å². The van der Waals surface area contributed by atoms with Crippen molar-refractivity contribution in [1.29, 1.82) is 0 Å². The van der Waals surface area contributed by atoms with E-state index < -0.39 is 15.7 Å². The van der Waals surface area contributed by atoms with Gasteiger partial charge < -0.3 is 9.74 Å². The first-order valence-corrected chi connectivity index (χ1v) is 12.4. The van der Waals surface area contributed by atoms with Crippen molar-refractivity contribution in [1.82, 2.24) is 4.31 Å². The highest BCUT2D eigenvalue weighted by Gasteiger charge is 2.61. The molecule has 3 aliphatic heterocycles. The van der Waals surface area contributed by atoms with Crippen molar-refractivity contribution in [2.75, 3.05) is 25.0 Å². The Bertz CT molecular complexity index is 1130. The molecule has 0 radical (unpaired) electrons. The van der Waals surface area contributed by atoms with E-state index in [0.29, 0.717) is 24.4 Å². The second-order valence-corrected chi connectivity index (χ2v) is 11.2. The molecule has 1 atom stereocenters. The van der Waals surface area contributed by atoms with Gasteiger partial charge in [0, 0.05) is 25.8 Å². The highest BCUT2D eigenvalue weighted by Crippen LogP contribution is 2.55. The molecular weight excluding hydrogens is 410 g/mol. The maximum Gasteiger partial charge on any atom is 0.243 e. The number of oxime groups is 1. The van der Waals surface area contributed by atoms with Gasteiger partial charge in [0.15, 0.2) is 0 Å². The zero-order valence-corrected chi connectivity index (χ0v) is 19.2. The predicted molar refractivity (Wildman–Crippen MR) is 122 cm³/mol. The van der Waals surface area contributed by atoms with E-state index in [-0.39, 0.29) is 5.41 Å². The van der Waals surface area contributed by atoms with Crippen LogP contribution < -0.4 is 4.90 Å². The van der Waals surface area contributed by atoms with E-state index >= 15 is 0 Å². The van der Waals surface area contributed by atoms with E-state index in [0.717, 1.165) is 36.2 Å². The minimum Gasteiger partial charge on any atom is -0.366 e. The largest absolute Gasteiger partial charge is 0.366 e. The molecule has 31 heavy (non-hydrogen) atoms. The summed E-state index contributed by atoms with van der Waals surface area (Å²) in [6.07, 6.45) is 3.59. The third-order valence-electron chi connectivity index (χ3n) is 7.31. The molecule has 0 saturated carbocycles. The first-order chi connectivity index (χ1) is 14.8. The summed E-state index contributed by atoms with van der Waals surface area (Å²) in [4.78, 5) is 8.69. The zero-order valence-electron chi connectivity index (χ0n) is 18.3. The van der Waals surface area contributed by atoms with Gasteiger partial charge in [0.2, 0.25) is 15.7 Å². The highest BCUT2D eigenvalue weighted by atomic mass is 32.2. The molecule has 1 saturated heterocycles. The van der Waals surface area contributed by atoms with Gasteiger partial charge in [-0.2, -0.15) is 4.31 Å². The van der Waals surface area contributed by atoms with E-state index in [1.165, 1.54) is 5.56 Å². The number of hydrogen-bond acceptors (Lipinski definition) is 5. The first kappa shape index (κ1) is 20.5. The average Bonchev–Trinajstić information content (AvgIpc) is 3.32. The Labute approximate surface area is 184 Å². The summed E-state index contributed by atoms with van der Waals surface area (Å²) in [5.41, 5.74) is 3.30. The number of nitrogens with zero attached hydrogens (tertiary/aromatic N) is 3. The van der Waals surface area contributed by atoms with Gasteiger partial charge in [-0.15, -0.1) is 0 Å². The van der Waals surface area contributed by atoms with Crippen LogP contribution in [0.25, 0.3) is 0 Å². The van der Waals surface area contributed by atoms with Crippen molar-refractivity contribution < 1.29 is 13.3 Å². The van der Waals surface area contributed by atoms with E-state index in [4.69, 9.17) is 4.84 Å². The van der Waals surface area contributed by atoms with Crippen LogP contribution in [0.3, 0.4) is 0 Å². The number of para-hydroxylation sites is 1. The molecule has 0 amide bonds. The third-order valence-corrected chi connectivity index (χ3v) is 9.22. The lowest BCUT2D eigenvalue weighted by Crippen LogP contribution is -2.54. The van der Waals surface area contributed by atoms with Crippen LogP contribution in [0, 0.1) is 0 Å². The van der Waals surface area contributed by atoms with E-state index in [1.807, 2.05) is 18.2 Å². The molecule has 2 aromatic rings. The lowest BCUT2D eigenvalue weighted by Gasteiger charge is -2.40. The normalized spacial score (nSPS) is 25.4. The molecule has 164 valence electrons. The number of fused-ring (bicyclic) bond motifs is 1. The fraction of sp³-hybridized carbons (Fsp3) is 0.458. The lowest BCUT2D eigenvalue weighted by atomic mass is 9.75. The van der Waals surface area contributed by atoms with Gasteiger partial charge in [0.05, 0.1) is 22.4 Å². The molecule has 1 fully saturated rings. The second kappa shape index (κ2) is 7.07. The van der Waals surface area contributed by atoms with Gasteiger partial charge in [-0.1, -0.05) is 41.9 Å². The van der Waals surface area contributed by atoms with Gasteiger partial charge in [-0.3, -0.25) is 0 Å². The van der Waals surface area contributed by atoms with E-state index in [2.05, 4.69) is 49.1 Å². The Balaban J connectivity index is 1.40. The molecule has 0 aromatic heterocycles. The van der Waals surface area contributed by atoms with Crippen LogP contribution in [0.2, 0.25) is 0 Å². The third kappa shape index (κ3) is 2.93. The fourth-order valence-electron chi connectivity index (χ4n) is 5.28. The van der Waals surface area contributed by atoms with Crippen LogP contribution in [0.4, 0.5) is 5.69 Å². The Hall–Kier alpha value is -2.38. The second-order valence-electron chi connectivity index (χ2n) is 9.28. The molecule has 2 aromatic carbocycles. The summed E-state index contributed by atoms with van der Waals surface area (Å²) in [7, 11) is -1.38. The summed E-state index contributed by atoms with van der Waals surface area (Å²) in [5, 5.41) is 4.47. The molecule has 5 rings (SSSR count). The van der Waals surface area contributed by atoms with Crippen molar-refractivity contribution >= 4 is 21.4 Å². The van der Waals surface area contributed by atoms with E-state index in [9.17, 15) is 8.42 Å². The Morgan fingerprint density at radius 2 is 1.65 bits per heavy atom. The number of piperidine rings is 1. The fourth-order valence-corrected chi connectivity index (χ4v) is 6.80. The maximum atomic E-state index is 12.9. The van der Waals surface area contributed by atoms with Crippen LogP contribution in [0.5, 0.6) is 0 Å². The SMILES string of the molecule is CN1c2ccccc2C(C)(C)C12CC(c1ccc(S(=O)(=O)N3CCCCC3)cc1)=NO2. The molecule has 0 N–H and O–H groups in total. The predicted octanol–water partition coefficient (Wildman–Crippen LogP) is 4.11. The van der Waals surface area contributed by atoms with Crippen LogP contribution >= 0.6 is 0 Å². The standard InChI is InChI=1S/C24H29N3O3S/c1-23(2)20-9-5-6-10-22(20)26(3)24(23)17-21(25-30-24)18-11-13-19(14-12-18)31(28,29)27-15-7-4-8-16-27/h5-6,9-14H,4,7-8,15-17H2,1-3H3. The van der Waals surface area contributed by atoms with Gasteiger partial charge in [0.1, 0.15) is 0 Å². The molecule has 3 aliphatic rings. The molecule has 1 unspecified atom stereocenters. The van der Waals surface area contributed by atoms with E-state index in [1.54, 1.807) is 16.4 Å². The van der Waals surface area contributed by atoms with Crippen molar-refractivity contribution in [3.8, 4) is 0 Å². The quantitative estimate of drug-likeness (QED) is 0.722. The number of likely N-dealkylation sites (N-methyl/N-ethyl adjacent to an activating group) is 1. The molecule has 3 heterocycles. The van der Waals surface area contributed by atoms with Crippen LogP contribution in [0.15, 0.2) is 58.6 Å². The first-order valence-electron chi connectivity index (χ1n) is 11.0. The molecule has 7 heteroatoms. The number of rotatable bonds is 3. The molecular formula is C24H29N3O3S. The minimum atomic E-state index is -3.43. The average molecular weight is 440 g/mol.